The van der Waals surface area contributed by atoms with E-state index in [1.807, 2.05) is 73.7 Å². The number of carbonyl (C=O) groups excluding carboxylic acids is 1. The van der Waals surface area contributed by atoms with Crippen LogP contribution >= 0.6 is 0 Å². The summed E-state index contributed by atoms with van der Waals surface area (Å²) in [6, 6.07) is 22.3. The zero-order valence-corrected chi connectivity index (χ0v) is 21.5. The van der Waals surface area contributed by atoms with Crippen LogP contribution < -0.4 is 10.5 Å². The summed E-state index contributed by atoms with van der Waals surface area (Å²) in [4.78, 5) is 14.4. The van der Waals surface area contributed by atoms with Gasteiger partial charge in [-0.25, -0.2) is 0 Å². The van der Waals surface area contributed by atoms with E-state index in [0.717, 1.165) is 29.7 Å². The Morgan fingerprint density at radius 2 is 1.76 bits per heavy atom. The lowest BCUT2D eigenvalue weighted by atomic mass is 9.96. The van der Waals surface area contributed by atoms with Gasteiger partial charge in [-0.05, 0) is 67.6 Å². The fourth-order valence-electron chi connectivity index (χ4n) is 4.73. The van der Waals surface area contributed by atoms with Gasteiger partial charge in [-0.15, -0.1) is 0 Å². The average Bonchev–Trinajstić information content (AvgIpc) is 3.25. The Hall–Kier alpha value is -3.23. The normalized spacial score (nSPS) is 19.0. The van der Waals surface area contributed by atoms with Crippen LogP contribution in [0.5, 0.6) is 11.5 Å². The number of para-hydroxylation sites is 2. The number of unbranched alkanes of at least 4 members (excludes halogenated alkanes) is 1. The predicted octanol–water partition coefficient (Wildman–Crippen LogP) is 4.14. The Morgan fingerprint density at radius 1 is 1.03 bits per heavy atom. The molecule has 3 aromatic carbocycles. The first-order chi connectivity index (χ1) is 17.8. The molecular formula is C30H36N2O5. The molecule has 1 fully saturated rings. The number of β-amino-alcohol motifs (C(OH)–C–C–N with tert-alkyl or cyclic N) is 1. The fourth-order valence-corrected chi connectivity index (χ4v) is 4.73. The van der Waals surface area contributed by atoms with Crippen LogP contribution in [-0.4, -0.2) is 53.4 Å². The van der Waals surface area contributed by atoms with Crippen LogP contribution in [0.15, 0.2) is 72.8 Å². The van der Waals surface area contributed by atoms with E-state index in [1.165, 1.54) is 7.11 Å². The minimum absolute atomic E-state index is 0.118. The van der Waals surface area contributed by atoms with Crippen LogP contribution in [0.25, 0.3) is 0 Å². The van der Waals surface area contributed by atoms with Crippen molar-refractivity contribution >= 4 is 5.91 Å². The second-order valence-corrected chi connectivity index (χ2v) is 9.70. The summed E-state index contributed by atoms with van der Waals surface area (Å²) in [6.07, 6.45) is 1.97. The number of aliphatic hydroxyl groups is 2. The zero-order valence-electron chi connectivity index (χ0n) is 21.5. The summed E-state index contributed by atoms with van der Waals surface area (Å²) in [5.74, 6) is -0.327. The van der Waals surface area contributed by atoms with Gasteiger partial charge < -0.3 is 30.3 Å². The molecule has 196 valence electrons. The number of rotatable bonds is 10. The molecule has 0 saturated carbocycles. The molecule has 0 radical (unpaired) electrons. The third kappa shape index (κ3) is 6.37. The highest BCUT2D eigenvalue weighted by molar-refractivity contribution is 5.94. The molecule has 0 spiro atoms. The smallest absolute Gasteiger partial charge is 0.254 e. The van der Waals surface area contributed by atoms with Crippen molar-refractivity contribution < 1.29 is 24.5 Å². The molecule has 0 aromatic heterocycles. The molecule has 3 atom stereocenters. The van der Waals surface area contributed by atoms with Gasteiger partial charge in [0, 0.05) is 38.2 Å². The molecule has 7 nitrogen and oxygen atoms in total. The quantitative estimate of drug-likeness (QED) is 0.283. The van der Waals surface area contributed by atoms with Gasteiger partial charge in [-0.1, -0.05) is 42.5 Å². The minimum Gasteiger partial charge on any atom is -0.457 e. The van der Waals surface area contributed by atoms with E-state index in [1.54, 1.807) is 11.0 Å². The molecule has 37 heavy (non-hydrogen) atoms. The number of hydrogen-bond donors (Lipinski definition) is 3. The summed E-state index contributed by atoms with van der Waals surface area (Å²) in [5.41, 5.74) is 9.07. The van der Waals surface area contributed by atoms with Gasteiger partial charge in [-0.3, -0.25) is 4.79 Å². The first-order valence-electron chi connectivity index (χ1n) is 12.7. The van der Waals surface area contributed by atoms with Crippen LogP contribution in [0.4, 0.5) is 0 Å². The molecule has 1 unspecified atom stereocenters. The molecule has 0 bridgehead atoms. The number of likely N-dealkylation sites (tertiary alicyclic amines) is 1. The third-order valence-corrected chi connectivity index (χ3v) is 6.98. The highest BCUT2D eigenvalue weighted by atomic mass is 16.6. The SMILES string of the molecule is COC(O)(CCCCc1cccc(C(=O)N2C[C@@H](N)[C@@H](O)C2)c1)c1ccccc1Oc1ccccc1C. The summed E-state index contributed by atoms with van der Waals surface area (Å²) in [7, 11) is 1.50. The fraction of sp³-hybridized carbons (Fsp3) is 0.367. The van der Waals surface area contributed by atoms with Crippen molar-refractivity contribution in [2.45, 2.75) is 50.5 Å². The number of aryl methyl sites for hydroxylation is 2. The van der Waals surface area contributed by atoms with Gasteiger partial charge in [0.2, 0.25) is 0 Å². The lowest BCUT2D eigenvalue weighted by Crippen LogP contribution is -2.33. The van der Waals surface area contributed by atoms with Crippen molar-refractivity contribution in [3.8, 4) is 11.5 Å². The summed E-state index contributed by atoms with van der Waals surface area (Å²) in [5, 5.41) is 21.3. The summed E-state index contributed by atoms with van der Waals surface area (Å²) in [6.45, 7) is 2.59. The van der Waals surface area contributed by atoms with Crippen molar-refractivity contribution in [3.63, 3.8) is 0 Å². The van der Waals surface area contributed by atoms with Crippen LogP contribution in [-0.2, 0) is 16.9 Å². The molecule has 4 N–H and O–H groups in total. The number of hydrogen-bond acceptors (Lipinski definition) is 6. The number of nitrogens with two attached hydrogens (primary N) is 1. The maximum atomic E-state index is 12.8. The van der Waals surface area contributed by atoms with E-state index in [0.29, 0.717) is 36.3 Å². The van der Waals surface area contributed by atoms with Crippen molar-refractivity contribution in [3.05, 3.63) is 95.1 Å². The molecule has 1 saturated heterocycles. The summed E-state index contributed by atoms with van der Waals surface area (Å²) < 4.78 is 11.8. The number of methoxy groups -OCH3 is 1. The van der Waals surface area contributed by atoms with E-state index in [4.69, 9.17) is 15.2 Å². The van der Waals surface area contributed by atoms with Crippen molar-refractivity contribution in [1.82, 2.24) is 4.90 Å². The number of carbonyl (C=O) groups is 1. The first kappa shape index (κ1) is 26.8. The molecular weight excluding hydrogens is 468 g/mol. The number of nitrogens with zero attached hydrogens (tertiary/aromatic N) is 1. The molecule has 7 heteroatoms. The molecule has 1 aliphatic heterocycles. The van der Waals surface area contributed by atoms with Gasteiger partial charge in [0.25, 0.3) is 5.91 Å². The van der Waals surface area contributed by atoms with Crippen LogP contribution in [0.1, 0.15) is 46.3 Å². The van der Waals surface area contributed by atoms with Crippen LogP contribution in [0.3, 0.4) is 0 Å². The first-order valence-corrected chi connectivity index (χ1v) is 12.7. The lowest BCUT2D eigenvalue weighted by molar-refractivity contribution is -0.200. The Labute approximate surface area is 218 Å². The van der Waals surface area contributed by atoms with Gasteiger partial charge in [0.15, 0.2) is 5.79 Å². The molecule has 1 heterocycles. The number of aliphatic hydroxyl groups excluding tert-OH is 1. The van der Waals surface area contributed by atoms with E-state index in [9.17, 15) is 15.0 Å². The van der Waals surface area contributed by atoms with Gasteiger partial charge in [-0.2, -0.15) is 0 Å². The Balaban J connectivity index is 1.37. The van der Waals surface area contributed by atoms with Crippen LogP contribution in [0.2, 0.25) is 0 Å². The van der Waals surface area contributed by atoms with E-state index >= 15 is 0 Å². The second kappa shape index (κ2) is 11.9. The highest BCUT2D eigenvalue weighted by Gasteiger charge is 2.33. The van der Waals surface area contributed by atoms with Crippen LogP contribution in [0, 0.1) is 6.92 Å². The van der Waals surface area contributed by atoms with E-state index in [2.05, 4.69) is 0 Å². The predicted molar refractivity (Wildman–Crippen MR) is 142 cm³/mol. The van der Waals surface area contributed by atoms with Gasteiger partial charge in [0.1, 0.15) is 11.5 Å². The maximum absolute atomic E-state index is 12.8. The van der Waals surface area contributed by atoms with Crippen molar-refractivity contribution in [2.75, 3.05) is 20.2 Å². The standard InChI is InChI=1S/C30H36N2O5/c1-21-10-3-5-15-27(21)37-28-16-6-4-14-24(28)30(35,36-2)17-8-7-11-22-12-9-13-23(18-22)29(34)32-19-25(31)26(33)20-32/h3-6,9-10,12-16,18,25-26,33,35H,7-8,11,17,19-20,31H2,1-2H3/t25-,26+,30?/m1/s1. The second-order valence-electron chi connectivity index (χ2n) is 9.70. The average molecular weight is 505 g/mol. The topological polar surface area (TPSA) is 105 Å². The number of benzene rings is 3. The number of ether oxygens (including phenoxy) is 2. The Bertz CT molecular complexity index is 1210. The Morgan fingerprint density at radius 3 is 2.46 bits per heavy atom. The minimum atomic E-state index is -1.49. The third-order valence-electron chi connectivity index (χ3n) is 6.98. The Kier molecular flexibility index (Phi) is 8.61. The molecule has 4 rings (SSSR count). The van der Waals surface area contributed by atoms with Crippen molar-refractivity contribution in [2.24, 2.45) is 5.73 Å². The van der Waals surface area contributed by atoms with E-state index in [-0.39, 0.29) is 12.5 Å². The molecule has 0 aliphatic carbocycles. The maximum Gasteiger partial charge on any atom is 0.254 e. The van der Waals surface area contributed by atoms with Gasteiger partial charge in [0.05, 0.1) is 11.7 Å². The molecule has 1 aliphatic rings. The number of amides is 1. The lowest BCUT2D eigenvalue weighted by Gasteiger charge is -2.29. The monoisotopic (exact) mass is 504 g/mol. The van der Waals surface area contributed by atoms with Gasteiger partial charge >= 0.3 is 0 Å². The molecule has 3 aromatic rings. The van der Waals surface area contributed by atoms with Crippen molar-refractivity contribution in [1.29, 1.82) is 0 Å². The largest absolute Gasteiger partial charge is 0.457 e. The van der Waals surface area contributed by atoms with E-state index < -0.39 is 17.9 Å². The molecule has 1 amide bonds. The zero-order chi connectivity index (χ0) is 26.4. The highest BCUT2D eigenvalue weighted by Crippen LogP contribution is 2.37. The summed E-state index contributed by atoms with van der Waals surface area (Å²) >= 11 is 0.